The fraction of sp³-hybridized carbons (Fsp3) is 0.417. The highest BCUT2D eigenvalue weighted by Gasteiger charge is 2.16. The number of phenolic OH excluding ortho intramolecular Hbond substituents is 2. The van der Waals surface area contributed by atoms with Crippen molar-refractivity contribution in [3.63, 3.8) is 0 Å². The van der Waals surface area contributed by atoms with E-state index < -0.39 is 0 Å². The molecule has 4 nitrogen and oxygen atoms in total. The van der Waals surface area contributed by atoms with Gasteiger partial charge >= 0.3 is 0 Å². The van der Waals surface area contributed by atoms with Gasteiger partial charge in [0.25, 0.3) is 0 Å². The molecule has 16 heavy (non-hydrogen) atoms. The Labute approximate surface area is 94.9 Å². The number of nitrogens with one attached hydrogen (secondary N) is 1. The third-order valence-electron chi connectivity index (χ3n) is 2.24. The number of carbonyl (C=O) groups excluding carboxylic acids is 1. The minimum Gasteiger partial charge on any atom is -0.504 e. The number of hydrogen-bond donors (Lipinski definition) is 3. The molecule has 0 unspecified atom stereocenters. The molecule has 0 aromatic heterocycles. The summed E-state index contributed by atoms with van der Waals surface area (Å²) in [7, 11) is 0. The molecule has 0 radical (unpaired) electrons. The molecule has 1 rings (SSSR count). The van der Waals surface area contributed by atoms with E-state index in [-0.39, 0.29) is 29.4 Å². The zero-order chi connectivity index (χ0) is 12.3. The summed E-state index contributed by atoms with van der Waals surface area (Å²) < 4.78 is 0. The molecule has 4 heteroatoms. The van der Waals surface area contributed by atoms with Crippen molar-refractivity contribution in [3.8, 4) is 11.5 Å². The summed E-state index contributed by atoms with van der Waals surface area (Å²) in [5, 5.41) is 21.5. The second-order valence-corrected chi connectivity index (χ2v) is 4.11. The van der Waals surface area contributed by atoms with Crippen LogP contribution in [0.3, 0.4) is 0 Å². The Morgan fingerprint density at radius 1 is 1.19 bits per heavy atom. The van der Waals surface area contributed by atoms with Crippen molar-refractivity contribution in [2.45, 2.75) is 32.9 Å². The fourth-order valence-electron chi connectivity index (χ4n) is 1.50. The van der Waals surface area contributed by atoms with Crippen LogP contribution in [0.15, 0.2) is 18.2 Å². The van der Waals surface area contributed by atoms with E-state index in [0.29, 0.717) is 5.56 Å². The molecule has 1 aromatic rings. The second-order valence-electron chi connectivity index (χ2n) is 4.11. The summed E-state index contributed by atoms with van der Waals surface area (Å²) in [6.07, 6.45) is 0. The first-order chi connectivity index (χ1) is 7.41. The maximum absolute atomic E-state index is 11.9. The normalized spacial score (nSPS) is 12.8. The van der Waals surface area contributed by atoms with E-state index >= 15 is 0 Å². The van der Waals surface area contributed by atoms with Crippen LogP contribution in [-0.4, -0.2) is 28.1 Å². The number of aromatic hydroxyl groups is 2. The SMILES string of the molecule is CC(C)N[C@@H](C)C(=O)c1ccc(O)c(O)c1. The lowest BCUT2D eigenvalue weighted by atomic mass is 10.0. The van der Waals surface area contributed by atoms with Gasteiger partial charge in [0.05, 0.1) is 6.04 Å². The van der Waals surface area contributed by atoms with E-state index in [9.17, 15) is 9.90 Å². The van der Waals surface area contributed by atoms with Crippen LogP contribution >= 0.6 is 0 Å². The van der Waals surface area contributed by atoms with E-state index in [4.69, 9.17) is 5.11 Å². The van der Waals surface area contributed by atoms with Crippen LogP contribution in [0, 0.1) is 0 Å². The van der Waals surface area contributed by atoms with E-state index in [2.05, 4.69) is 5.32 Å². The summed E-state index contributed by atoms with van der Waals surface area (Å²) in [6.45, 7) is 5.68. The molecule has 0 aliphatic carbocycles. The topological polar surface area (TPSA) is 69.6 Å². The van der Waals surface area contributed by atoms with Crippen LogP contribution in [-0.2, 0) is 0 Å². The lowest BCUT2D eigenvalue weighted by Crippen LogP contribution is -2.38. The number of benzene rings is 1. The summed E-state index contributed by atoms with van der Waals surface area (Å²) in [4.78, 5) is 11.9. The van der Waals surface area contributed by atoms with Crippen LogP contribution in [0.5, 0.6) is 11.5 Å². The van der Waals surface area contributed by atoms with Crippen molar-refractivity contribution in [2.75, 3.05) is 0 Å². The fourth-order valence-corrected chi connectivity index (χ4v) is 1.50. The molecule has 0 saturated heterocycles. The van der Waals surface area contributed by atoms with Gasteiger partial charge in [0.2, 0.25) is 0 Å². The van der Waals surface area contributed by atoms with Gasteiger partial charge < -0.3 is 15.5 Å². The van der Waals surface area contributed by atoms with E-state index in [1.807, 2.05) is 13.8 Å². The molecule has 0 amide bonds. The Bertz CT molecular complexity index is 388. The summed E-state index contributed by atoms with van der Waals surface area (Å²) in [5.74, 6) is -0.604. The van der Waals surface area contributed by atoms with E-state index in [1.54, 1.807) is 6.92 Å². The Hall–Kier alpha value is -1.55. The van der Waals surface area contributed by atoms with Crippen molar-refractivity contribution >= 4 is 5.78 Å². The van der Waals surface area contributed by atoms with Crippen LogP contribution in [0.25, 0.3) is 0 Å². The van der Waals surface area contributed by atoms with Crippen LogP contribution in [0.4, 0.5) is 0 Å². The zero-order valence-corrected chi connectivity index (χ0v) is 9.69. The number of carbonyl (C=O) groups is 1. The van der Waals surface area contributed by atoms with Crippen LogP contribution in [0.1, 0.15) is 31.1 Å². The minimum absolute atomic E-state index is 0.107. The highest BCUT2D eigenvalue weighted by molar-refractivity contribution is 6.00. The van der Waals surface area contributed by atoms with Gasteiger partial charge in [0.1, 0.15) is 0 Å². The second kappa shape index (κ2) is 4.99. The molecule has 1 aromatic carbocycles. The first-order valence-electron chi connectivity index (χ1n) is 5.24. The van der Waals surface area contributed by atoms with Gasteiger partial charge in [-0.2, -0.15) is 0 Å². The van der Waals surface area contributed by atoms with Gasteiger partial charge in [-0.1, -0.05) is 13.8 Å². The number of Topliss-reactive ketones (excluding diaryl/α,β-unsaturated/α-hetero) is 1. The lowest BCUT2D eigenvalue weighted by molar-refractivity contribution is 0.0946. The molecular weight excluding hydrogens is 206 g/mol. The standard InChI is InChI=1S/C12H17NO3/c1-7(2)13-8(3)12(16)9-4-5-10(14)11(15)6-9/h4-8,13-15H,1-3H3/t8-/m0/s1. The molecule has 88 valence electrons. The van der Waals surface area contributed by atoms with E-state index in [1.165, 1.54) is 18.2 Å². The van der Waals surface area contributed by atoms with Crippen LogP contribution in [0.2, 0.25) is 0 Å². The average molecular weight is 223 g/mol. The van der Waals surface area contributed by atoms with Gasteiger partial charge in [0.15, 0.2) is 17.3 Å². The predicted molar refractivity (Wildman–Crippen MR) is 61.8 cm³/mol. The van der Waals surface area contributed by atoms with Crippen LogP contribution < -0.4 is 5.32 Å². The molecule has 0 aliphatic heterocycles. The Morgan fingerprint density at radius 2 is 1.81 bits per heavy atom. The predicted octanol–water partition coefficient (Wildman–Crippen LogP) is 1.67. The van der Waals surface area contributed by atoms with E-state index in [0.717, 1.165) is 0 Å². The van der Waals surface area contributed by atoms with Gasteiger partial charge in [0, 0.05) is 11.6 Å². The first kappa shape index (κ1) is 12.5. The zero-order valence-electron chi connectivity index (χ0n) is 9.69. The quantitative estimate of drug-likeness (QED) is 0.536. The monoisotopic (exact) mass is 223 g/mol. The summed E-state index contributed by atoms with van der Waals surface area (Å²) >= 11 is 0. The molecule has 0 heterocycles. The third-order valence-corrected chi connectivity index (χ3v) is 2.24. The highest BCUT2D eigenvalue weighted by Crippen LogP contribution is 2.25. The number of hydrogen-bond acceptors (Lipinski definition) is 4. The molecule has 0 spiro atoms. The summed E-state index contributed by atoms with van der Waals surface area (Å²) in [6, 6.07) is 3.98. The molecule has 0 bridgehead atoms. The van der Waals surface area contributed by atoms with Gasteiger partial charge in [-0.15, -0.1) is 0 Å². The van der Waals surface area contributed by atoms with Crippen molar-refractivity contribution in [1.29, 1.82) is 0 Å². The number of phenols is 2. The molecule has 3 N–H and O–H groups in total. The molecule has 1 atom stereocenters. The minimum atomic E-state index is -0.316. The van der Waals surface area contributed by atoms with Crippen molar-refractivity contribution in [2.24, 2.45) is 0 Å². The average Bonchev–Trinajstić information content (AvgIpc) is 2.20. The van der Waals surface area contributed by atoms with Gasteiger partial charge in [-0.05, 0) is 25.1 Å². The van der Waals surface area contributed by atoms with Gasteiger partial charge in [-0.3, -0.25) is 4.79 Å². The number of ketones is 1. The van der Waals surface area contributed by atoms with Gasteiger partial charge in [-0.25, -0.2) is 0 Å². The number of rotatable bonds is 4. The maximum atomic E-state index is 11.9. The molecule has 0 aliphatic rings. The van der Waals surface area contributed by atoms with Crippen molar-refractivity contribution < 1.29 is 15.0 Å². The van der Waals surface area contributed by atoms with Crippen molar-refractivity contribution in [3.05, 3.63) is 23.8 Å². The summed E-state index contributed by atoms with van der Waals surface area (Å²) in [5.41, 5.74) is 0.385. The Balaban J connectivity index is 2.84. The largest absolute Gasteiger partial charge is 0.504 e. The smallest absolute Gasteiger partial charge is 0.179 e. The maximum Gasteiger partial charge on any atom is 0.179 e. The molecule has 0 fully saturated rings. The highest BCUT2D eigenvalue weighted by atomic mass is 16.3. The molecular formula is C12H17NO3. The third kappa shape index (κ3) is 2.97. The lowest BCUT2D eigenvalue weighted by Gasteiger charge is -2.15. The first-order valence-corrected chi connectivity index (χ1v) is 5.24. The van der Waals surface area contributed by atoms with Crippen molar-refractivity contribution in [1.82, 2.24) is 5.32 Å². The Morgan fingerprint density at radius 3 is 2.31 bits per heavy atom. The Kier molecular flexibility index (Phi) is 3.90. The molecule has 0 saturated carbocycles.